The molecule has 0 unspecified atom stereocenters. The number of nitrogens with zero attached hydrogens (tertiary/aromatic N) is 3. The Kier molecular flexibility index (Phi) is 8.25. The van der Waals surface area contributed by atoms with Crippen molar-refractivity contribution >= 4 is 29.1 Å². The fourth-order valence-electron chi connectivity index (χ4n) is 4.10. The number of hydrogen-bond acceptors (Lipinski definition) is 5. The normalized spacial score (nSPS) is 15.4. The molecule has 0 aliphatic carbocycles. The molecule has 1 saturated heterocycles. The van der Waals surface area contributed by atoms with Crippen LogP contribution < -0.4 is 10.6 Å². The minimum Gasteiger partial charge on any atom is -0.346 e. The number of halogens is 1. The molecule has 0 saturated carbocycles. The van der Waals surface area contributed by atoms with Crippen LogP contribution >= 0.6 is 11.6 Å². The van der Waals surface area contributed by atoms with E-state index in [4.69, 9.17) is 11.6 Å². The number of amides is 2. The van der Waals surface area contributed by atoms with E-state index < -0.39 is 11.8 Å². The van der Waals surface area contributed by atoms with Crippen molar-refractivity contribution in [3.8, 4) is 0 Å². The van der Waals surface area contributed by atoms with Crippen LogP contribution in [-0.4, -0.2) is 59.3 Å². The highest BCUT2D eigenvalue weighted by Crippen LogP contribution is 2.22. The molecule has 2 heterocycles. The van der Waals surface area contributed by atoms with Gasteiger partial charge in [-0.3, -0.25) is 24.4 Å². The van der Waals surface area contributed by atoms with Gasteiger partial charge in [0.25, 0.3) is 0 Å². The fraction of sp³-hybridized carbons (Fsp3) is 0.269. The number of benzene rings is 2. The molecule has 7 nitrogen and oxygen atoms in total. The molecule has 0 bridgehead atoms. The first-order valence-corrected chi connectivity index (χ1v) is 11.7. The Hall–Kier alpha value is -3.26. The lowest BCUT2D eigenvalue weighted by molar-refractivity contribution is -0.136. The van der Waals surface area contributed by atoms with Crippen LogP contribution in [0.1, 0.15) is 17.2 Å². The SMILES string of the molecule is O=C(NC[C@@H](c1cccnc1)N1CCN(Cc2ccccc2)CC1)C(=O)Nc1ccc(Cl)cc1. The summed E-state index contributed by atoms with van der Waals surface area (Å²) in [5.74, 6) is -1.38. The van der Waals surface area contributed by atoms with Gasteiger partial charge < -0.3 is 10.6 Å². The highest BCUT2D eigenvalue weighted by atomic mass is 35.5. The number of carbonyl (C=O) groups is 2. The van der Waals surface area contributed by atoms with Crippen molar-refractivity contribution in [1.82, 2.24) is 20.1 Å². The Morgan fingerprint density at radius 3 is 2.32 bits per heavy atom. The summed E-state index contributed by atoms with van der Waals surface area (Å²) in [6.45, 7) is 4.82. The van der Waals surface area contributed by atoms with Crippen molar-refractivity contribution in [2.24, 2.45) is 0 Å². The van der Waals surface area contributed by atoms with Crippen LogP contribution in [0.5, 0.6) is 0 Å². The molecule has 3 aromatic rings. The Bertz CT molecular complexity index is 1070. The zero-order valence-electron chi connectivity index (χ0n) is 18.9. The minimum atomic E-state index is -0.708. The molecule has 1 fully saturated rings. The van der Waals surface area contributed by atoms with E-state index in [-0.39, 0.29) is 6.04 Å². The summed E-state index contributed by atoms with van der Waals surface area (Å²) in [5.41, 5.74) is 2.83. The third-order valence-electron chi connectivity index (χ3n) is 5.93. The van der Waals surface area contributed by atoms with Crippen LogP contribution in [0.15, 0.2) is 79.1 Å². The molecular formula is C26H28ClN5O2. The summed E-state index contributed by atoms with van der Waals surface area (Å²) >= 11 is 5.87. The summed E-state index contributed by atoms with van der Waals surface area (Å²) in [5, 5.41) is 5.96. The molecule has 34 heavy (non-hydrogen) atoms. The van der Waals surface area contributed by atoms with Gasteiger partial charge in [0.05, 0.1) is 6.04 Å². The zero-order valence-corrected chi connectivity index (χ0v) is 19.6. The molecule has 2 N–H and O–H groups in total. The molecule has 8 heteroatoms. The van der Waals surface area contributed by atoms with Crippen LogP contribution in [0.4, 0.5) is 5.69 Å². The average Bonchev–Trinajstić information content (AvgIpc) is 2.87. The summed E-state index contributed by atoms with van der Waals surface area (Å²) in [6, 6.07) is 20.9. The van der Waals surface area contributed by atoms with E-state index in [0.717, 1.165) is 38.3 Å². The highest BCUT2D eigenvalue weighted by molar-refractivity contribution is 6.39. The molecule has 1 aliphatic rings. The Labute approximate surface area is 204 Å². The number of anilines is 1. The van der Waals surface area contributed by atoms with Gasteiger partial charge in [-0.1, -0.05) is 48.0 Å². The second-order valence-corrected chi connectivity index (χ2v) is 8.71. The first kappa shape index (κ1) is 23.9. The lowest BCUT2D eigenvalue weighted by atomic mass is 10.1. The van der Waals surface area contributed by atoms with Crippen molar-refractivity contribution in [2.75, 3.05) is 38.0 Å². The minimum absolute atomic E-state index is 0.0696. The monoisotopic (exact) mass is 477 g/mol. The molecule has 0 spiro atoms. The lowest BCUT2D eigenvalue weighted by Gasteiger charge is -2.39. The Balaban J connectivity index is 1.34. The van der Waals surface area contributed by atoms with Crippen LogP contribution in [0.25, 0.3) is 0 Å². The van der Waals surface area contributed by atoms with E-state index in [1.165, 1.54) is 5.56 Å². The second kappa shape index (κ2) is 11.7. The van der Waals surface area contributed by atoms with Gasteiger partial charge in [0, 0.05) is 62.4 Å². The van der Waals surface area contributed by atoms with Gasteiger partial charge in [-0.25, -0.2) is 0 Å². The Morgan fingerprint density at radius 2 is 1.65 bits per heavy atom. The zero-order chi connectivity index (χ0) is 23.8. The van der Waals surface area contributed by atoms with E-state index in [1.807, 2.05) is 24.4 Å². The third kappa shape index (κ3) is 6.63. The number of nitrogens with one attached hydrogen (secondary N) is 2. The largest absolute Gasteiger partial charge is 0.346 e. The second-order valence-electron chi connectivity index (χ2n) is 8.27. The molecule has 2 aromatic carbocycles. The molecular weight excluding hydrogens is 450 g/mol. The van der Waals surface area contributed by atoms with Gasteiger partial charge in [-0.05, 0) is 41.5 Å². The molecule has 1 atom stereocenters. The van der Waals surface area contributed by atoms with Crippen LogP contribution in [0.3, 0.4) is 0 Å². The smallest absolute Gasteiger partial charge is 0.313 e. The van der Waals surface area contributed by atoms with Crippen LogP contribution in [-0.2, 0) is 16.1 Å². The predicted molar refractivity (Wildman–Crippen MR) is 133 cm³/mol. The lowest BCUT2D eigenvalue weighted by Crippen LogP contribution is -2.50. The number of rotatable bonds is 7. The Morgan fingerprint density at radius 1 is 0.912 bits per heavy atom. The number of hydrogen-bond donors (Lipinski definition) is 2. The van der Waals surface area contributed by atoms with E-state index in [9.17, 15) is 9.59 Å². The predicted octanol–water partition coefficient (Wildman–Crippen LogP) is 3.35. The van der Waals surface area contributed by atoms with Gasteiger partial charge in [0.1, 0.15) is 0 Å². The van der Waals surface area contributed by atoms with E-state index in [0.29, 0.717) is 17.3 Å². The van der Waals surface area contributed by atoms with E-state index >= 15 is 0 Å². The molecule has 0 radical (unpaired) electrons. The maximum Gasteiger partial charge on any atom is 0.313 e. The van der Waals surface area contributed by atoms with Gasteiger partial charge in [0.2, 0.25) is 0 Å². The van der Waals surface area contributed by atoms with Crippen LogP contribution in [0, 0.1) is 0 Å². The van der Waals surface area contributed by atoms with Crippen LogP contribution in [0.2, 0.25) is 5.02 Å². The van der Waals surface area contributed by atoms with Crippen molar-refractivity contribution in [3.63, 3.8) is 0 Å². The van der Waals surface area contributed by atoms with Gasteiger partial charge >= 0.3 is 11.8 Å². The molecule has 1 aliphatic heterocycles. The third-order valence-corrected chi connectivity index (χ3v) is 6.18. The van der Waals surface area contributed by atoms with Crippen molar-refractivity contribution < 1.29 is 9.59 Å². The first-order valence-electron chi connectivity index (χ1n) is 11.3. The van der Waals surface area contributed by atoms with Crippen molar-refractivity contribution in [3.05, 3.63) is 95.3 Å². The summed E-state index contributed by atoms with van der Waals surface area (Å²) in [6.07, 6.45) is 3.55. The molecule has 4 rings (SSSR count). The highest BCUT2D eigenvalue weighted by Gasteiger charge is 2.26. The summed E-state index contributed by atoms with van der Waals surface area (Å²) < 4.78 is 0. The number of piperazine rings is 1. The quantitative estimate of drug-likeness (QED) is 0.510. The van der Waals surface area contributed by atoms with E-state index in [1.54, 1.807) is 30.5 Å². The molecule has 1 aromatic heterocycles. The summed E-state index contributed by atoms with van der Waals surface area (Å²) in [7, 11) is 0. The van der Waals surface area contributed by atoms with Crippen molar-refractivity contribution in [1.29, 1.82) is 0 Å². The van der Waals surface area contributed by atoms with Gasteiger partial charge in [-0.2, -0.15) is 0 Å². The number of aromatic nitrogens is 1. The van der Waals surface area contributed by atoms with Gasteiger partial charge in [0.15, 0.2) is 0 Å². The molecule has 176 valence electrons. The number of carbonyl (C=O) groups excluding carboxylic acids is 2. The first-order chi connectivity index (χ1) is 16.6. The standard InChI is InChI=1S/C26H28ClN5O2/c27-22-8-10-23(11-9-22)30-26(34)25(33)29-18-24(21-7-4-12-28-17-21)32-15-13-31(14-16-32)19-20-5-2-1-3-6-20/h1-12,17,24H,13-16,18-19H2,(H,29,33)(H,30,34)/t24-/m0/s1. The average molecular weight is 478 g/mol. The molecule has 2 amide bonds. The van der Waals surface area contributed by atoms with Crippen molar-refractivity contribution in [2.45, 2.75) is 12.6 Å². The topological polar surface area (TPSA) is 77.6 Å². The maximum atomic E-state index is 12.5. The number of pyridine rings is 1. The summed E-state index contributed by atoms with van der Waals surface area (Å²) in [4.78, 5) is 33.9. The maximum absolute atomic E-state index is 12.5. The van der Waals surface area contributed by atoms with Gasteiger partial charge in [-0.15, -0.1) is 0 Å². The fourth-order valence-corrected chi connectivity index (χ4v) is 4.22. The van der Waals surface area contributed by atoms with E-state index in [2.05, 4.69) is 49.7 Å².